The summed E-state index contributed by atoms with van der Waals surface area (Å²) in [5.74, 6) is 0.198. The zero-order chi connectivity index (χ0) is 24.9. The molecule has 0 fully saturated rings. The van der Waals surface area contributed by atoms with Crippen molar-refractivity contribution in [2.75, 3.05) is 30.8 Å². The van der Waals surface area contributed by atoms with Crippen molar-refractivity contribution in [2.45, 2.75) is 9.79 Å². The smallest absolute Gasteiger partial charge is 0.337 e. The van der Waals surface area contributed by atoms with E-state index in [-0.39, 0.29) is 26.7 Å². The van der Waals surface area contributed by atoms with Crippen LogP contribution in [0.4, 0.5) is 11.4 Å². The van der Waals surface area contributed by atoms with E-state index < -0.39 is 26.0 Å². The third-order valence-corrected chi connectivity index (χ3v) is 7.43. The Morgan fingerprint density at radius 3 is 1.50 bits per heavy atom. The van der Waals surface area contributed by atoms with Gasteiger partial charge in [0.2, 0.25) is 0 Å². The van der Waals surface area contributed by atoms with Crippen LogP contribution in [0.25, 0.3) is 0 Å². The fourth-order valence-corrected chi connectivity index (χ4v) is 5.03. The summed E-state index contributed by atoms with van der Waals surface area (Å²) in [6, 6.07) is 15.0. The molecule has 34 heavy (non-hydrogen) atoms. The van der Waals surface area contributed by atoms with E-state index in [2.05, 4.69) is 14.2 Å². The van der Waals surface area contributed by atoms with Gasteiger partial charge < -0.3 is 14.2 Å². The van der Waals surface area contributed by atoms with E-state index in [1.807, 2.05) is 0 Å². The Labute approximate surface area is 197 Å². The highest BCUT2D eigenvalue weighted by Crippen LogP contribution is 2.29. The van der Waals surface area contributed by atoms with Crippen LogP contribution in [-0.2, 0) is 24.8 Å². The van der Waals surface area contributed by atoms with Gasteiger partial charge in [0.05, 0.1) is 48.1 Å². The van der Waals surface area contributed by atoms with Crippen molar-refractivity contribution < 1.29 is 35.8 Å². The summed E-state index contributed by atoms with van der Waals surface area (Å²) in [6.45, 7) is 0. The van der Waals surface area contributed by atoms with Crippen molar-refractivity contribution in [3.05, 3.63) is 72.3 Å². The van der Waals surface area contributed by atoms with Crippen LogP contribution in [0, 0.1) is 0 Å². The molecule has 0 amide bonds. The van der Waals surface area contributed by atoms with Gasteiger partial charge in [-0.2, -0.15) is 0 Å². The Hall–Kier alpha value is -3.77. The van der Waals surface area contributed by atoms with Gasteiger partial charge in [0, 0.05) is 0 Å². The second-order valence-corrected chi connectivity index (χ2v) is 10.2. The highest BCUT2D eigenvalue weighted by Gasteiger charge is 2.22. The maximum absolute atomic E-state index is 13.0. The summed E-state index contributed by atoms with van der Waals surface area (Å²) < 4.78 is 71.1. The predicted octanol–water partition coefficient (Wildman–Crippen LogP) is 3.09. The molecule has 0 saturated heterocycles. The van der Waals surface area contributed by atoms with Crippen molar-refractivity contribution in [1.82, 2.24) is 0 Å². The summed E-state index contributed by atoms with van der Waals surface area (Å²) in [6.07, 6.45) is 0. The molecule has 0 bridgehead atoms. The Kier molecular flexibility index (Phi) is 7.32. The van der Waals surface area contributed by atoms with Gasteiger partial charge in [0.25, 0.3) is 20.0 Å². The van der Waals surface area contributed by atoms with Gasteiger partial charge in [-0.1, -0.05) is 0 Å². The normalized spacial score (nSPS) is 11.4. The minimum absolute atomic E-state index is 0.0160. The van der Waals surface area contributed by atoms with E-state index in [1.54, 1.807) is 0 Å². The Bertz CT molecular complexity index is 1390. The van der Waals surface area contributed by atoms with Crippen LogP contribution < -0.4 is 18.9 Å². The van der Waals surface area contributed by atoms with E-state index in [4.69, 9.17) is 9.47 Å². The largest absolute Gasteiger partial charge is 0.497 e. The number of sulfonamides is 2. The van der Waals surface area contributed by atoms with Gasteiger partial charge >= 0.3 is 5.97 Å². The third kappa shape index (κ3) is 5.58. The van der Waals surface area contributed by atoms with E-state index in [9.17, 15) is 21.6 Å². The monoisotopic (exact) mass is 506 g/mol. The lowest BCUT2D eigenvalue weighted by molar-refractivity contribution is 0.0601. The number of nitrogens with one attached hydrogen (secondary N) is 2. The summed E-state index contributed by atoms with van der Waals surface area (Å²) in [5.41, 5.74) is -0.251. The van der Waals surface area contributed by atoms with E-state index in [1.165, 1.54) is 88.1 Å². The first kappa shape index (κ1) is 24.9. The third-order valence-electron chi connectivity index (χ3n) is 4.67. The molecule has 0 saturated carbocycles. The Morgan fingerprint density at radius 1 is 0.647 bits per heavy atom. The van der Waals surface area contributed by atoms with Gasteiger partial charge in [-0.05, 0) is 66.7 Å². The van der Waals surface area contributed by atoms with Crippen molar-refractivity contribution in [2.24, 2.45) is 0 Å². The molecule has 2 N–H and O–H groups in total. The highest BCUT2D eigenvalue weighted by atomic mass is 32.2. The van der Waals surface area contributed by atoms with Crippen LogP contribution in [0.3, 0.4) is 0 Å². The number of benzene rings is 3. The fraction of sp³-hybridized carbons (Fsp3) is 0.136. The van der Waals surface area contributed by atoms with Gasteiger partial charge in [-0.3, -0.25) is 9.44 Å². The molecule has 0 aliphatic carbocycles. The zero-order valence-corrected chi connectivity index (χ0v) is 20.1. The summed E-state index contributed by atoms with van der Waals surface area (Å²) >= 11 is 0. The van der Waals surface area contributed by atoms with Gasteiger partial charge in [-0.15, -0.1) is 0 Å². The number of hydrogen-bond acceptors (Lipinski definition) is 8. The topological polar surface area (TPSA) is 137 Å². The standard InChI is InChI=1S/C22H22N2O8S2/c1-30-16-5-9-18(10-6-16)33(26,27)23-20-13-4-15(22(25)32-3)14-21(20)24-34(28,29)19-11-7-17(31-2)8-12-19/h4-14,23-24H,1-3H3. The van der Waals surface area contributed by atoms with Crippen LogP contribution in [-0.4, -0.2) is 44.1 Å². The quantitative estimate of drug-likeness (QED) is 0.423. The molecule has 0 atom stereocenters. The molecule has 3 aromatic rings. The van der Waals surface area contributed by atoms with Crippen LogP contribution in [0.2, 0.25) is 0 Å². The van der Waals surface area contributed by atoms with E-state index in [0.29, 0.717) is 11.5 Å². The minimum Gasteiger partial charge on any atom is -0.497 e. The second-order valence-electron chi connectivity index (χ2n) is 6.81. The predicted molar refractivity (Wildman–Crippen MR) is 125 cm³/mol. The molecular formula is C22H22N2O8S2. The van der Waals surface area contributed by atoms with Gasteiger partial charge in [0.15, 0.2) is 0 Å². The lowest BCUT2D eigenvalue weighted by Crippen LogP contribution is -2.18. The lowest BCUT2D eigenvalue weighted by Gasteiger charge is -2.16. The zero-order valence-electron chi connectivity index (χ0n) is 18.4. The number of hydrogen-bond donors (Lipinski definition) is 2. The number of carbonyl (C=O) groups excluding carboxylic acids is 1. The molecule has 0 aliphatic heterocycles. The number of rotatable bonds is 9. The Balaban J connectivity index is 2.01. The SMILES string of the molecule is COC(=O)c1ccc(NS(=O)(=O)c2ccc(OC)cc2)c(NS(=O)(=O)c2ccc(OC)cc2)c1. The molecule has 0 radical (unpaired) electrons. The number of carbonyl (C=O) groups is 1. The van der Waals surface area contributed by atoms with Crippen molar-refractivity contribution in [3.63, 3.8) is 0 Å². The molecular weight excluding hydrogens is 484 g/mol. The fourth-order valence-electron chi connectivity index (χ4n) is 2.88. The lowest BCUT2D eigenvalue weighted by atomic mass is 10.2. The maximum Gasteiger partial charge on any atom is 0.337 e. The average molecular weight is 507 g/mol. The summed E-state index contributed by atoms with van der Waals surface area (Å²) in [4.78, 5) is 11.8. The highest BCUT2D eigenvalue weighted by molar-refractivity contribution is 7.93. The van der Waals surface area contributed by atoms with Crippen molar-refractivity contribution >= 4 is 37.4 Å². The first-order valence-corrected chi connectivity index (χ1v) is 12.6. The molecule has 0 heterocycles. The van der Waals surface area contributed by atoms with Gasteiger partial charge in [0.1, 0.15) is 11.5 Å². The average Bonchev–Trinajstić information content (AvgIpc) is 2.84. The van der Waals surface area contributed by atoms with Gasteiger partial charge in [-0.25, -0.2) is 21.6 Å². The first-order valence-electron chi connectivity index (χ1n) is 9.66. The maximum atomic E-state index is 13.0. The molecule has 12 heteroatoms. The molecule has 0 spiro atoms. The van der Waals surface area contributed by atoms with Crippen molar-refractivity contribution in [1.29, 1.82) is 0 Å². The number of ether oxygens (including phenoxy) is 3. The molecule has 0 aliphatic rings. The number of esters is 1. The van der Waals surface area contributed by atoms with E-state index >= 15 is 0 Å². The van der Waals surface area contributed by atoms with Crippen LogP contribution in [0.5, 0.6) is 11.5 Å². The van der Waals surface area contributed by atoms with Crippen LogP contribution >= 0.6 is 0 Å². The number of methoxy groups -OCH3 is 3. The summed E-state index contributed by atoms with van der Waals surface area (Å²) in [5, 5.41) is 0. The first-order chi connectivity index (χ1) is 16.1. The molecule has 180 valence electrons. The molecule has 3 aromatic carbocycles. The molecule has 0 aromatic heterocycles. The van der Waals surface area contributed by atoms with Crippen LogP contribution in [0.1, 0.15) is 10.4 Å². The van der Waals surface area contributed by atoms with Crippen molar-refractivity contribution in [3.8, 4) is 11.5 Å². The molecule has 0 unspecified atom stereocenters. The molecule has 3 rings (SSSR count). The second kappa shape index (κ2) is 10.0. The summed E-state index contributed by atoms with van der Waals surface area (Å²) in [7, 11) is -4.18. The molecule has 10 nitrogen and oxygen atoms in total. The minimum atomic E-state index is -4.15. The van der Waals surface area contributed by atoms with E-state index in [0.717, 1.165) is 0 Å². The Morgan fingerprint density at radius 2 is 1.09 bits per heavy atom. The number of anilines is 2. The van der Waals surface area contributed by atoms with Crippen LogP contribution in [0.15, 0.2) is 76.5 Å².